The molecule has 1 saturated heterocycles. The molecule has 0 aromatic heterocycles. The van der Waals surface area contributed by atoms with Crippen LogP contribution >= 0.6 is 23.2 Å². The van der Waals surface area contributed by atoms with Gasteiger partial charge in [-0.15, -0.1) is 0 Å². The summed E-state index contributed by atoms with van der Waals surface area (Å²) in [5.74, 6) is 0.319. The van der Waals surface area contributed by atoms with Gasteiger partial charge in [0, 0.05) is 19.7 Å². The Morgan fingerprint density at radius 1 is 1.27 bits per heavy atom. The van der Waals surface area contributed by atoms with Gasteiger partial charge >= 0.3 is 0 Å². The highest BCUT2D eigenvalue weighted by Gasteiger charge is 2.30. The van der Waals surface area contributed by atoms with E-state index in [9.17, 15) is 8.42 Å². The fourth-order valence-electron chi connectivity index (χ4n) is 2.37. The molecule has 0 bridgehead atoms. The Balaban J connectivity index is 2.28. The standard InChI is InChI=1S/C13H18Cl2N2O4S/c1-20-11-3-4-16-7-10(11)17-22(18,19)13-6-8(14)12(21-2)5-9(13)15/h5-6,10-11,16-17H,3-4,7H2,1-2H3/t10-,11+/m0/s1. The molecule has 0 radical (unpaired) electrons. The number of hydrogen-bond acceptors (Lipinski definition) is 5. The van der Waals surface area contributed by atoms with E-state index in [4.69, 9.17) is 32.7 Å². The van der Waals surface area contributed by atoms with Gasteiger partial charge in [0.2, 0.25) is 10.0 Å². The quantitative estimate of drug-likeness (QED) is 0.826. The van der Waals surface area contributed by atoms with Crippen molar-refractivity contribution in [1.29, 1.82) is 0 Å². The van der Waals surface area contributed by atoms with E-state index in [1.807, 2.05) is 0 Å². The van der Waals surface area contributed by atoms with E-state index in [0.717, 1.165) is 13.0 Å². The summed E-state index contributed by atoms with van der Waals surface area (Å²) in [7, 11) is -0.828. The van der Waals surface area contributed by atoms with Crippen LogP contribution in [-0.4, -0.2) is 47.9 Å². The van der Waals surface area contributed by atoms with Crippen molar-refractivity contribution in [2.75, 3.05) is 27.3 Å². The molecule has 2 atom stereocenters. The zero-order valence-corrected chi connectivity index (χ0v) is 14.6. The fourth-order valence-corrected chi connectivity index (χ4v) is 4.48. The van der Waals surface area contributed by atoms with E-state index in [-0.39, 0.29) is 27.1 Å². The van der Waals surface area contributed by atoms with Crippen molar-refractivity contribution in [2.24, 2.45) is 0 Å². The summed E-state index contributed by atoms with van der Waals surface area (Å²) in [5, 5.41) is 3.36. The number of hydrogen-bond donors (Lipinski definition) is 2. The van der Waals surface area contributed by atoms with Gasteiger partial charge < -0.3 is 14.8 Å². The van der Waals surface area contributed by atoms with Crippen molar-refractivity contribution in [2.45, 2.75) is 23.5 Å². The number of rotatable bonds is 5. The second kappa shape index (κ2) is 7.33. The van der Waals surface area contributed by atoms with Crippen molar-refractivity contribution >= 4 is 33.2 Å². The summed E-state index contributed by atoms with van der Waals surface area (Å²) in [5.41, 5.74) is 0. The molecule has 1 aliphatic rings. The van der Waals surface area contributed by atoms with Crippen LogP contribution < -0.4 is 14.8 Å². The number of benzene rings is 1. The second-order valence-corrected chi connectivity index (χ2v) is 7.41. The molecule has 9 heteroatoms. The van der Waals surface area contributed by atoms with E-state index in [1.54, 1.807) is 7.11 Å². The number of methoxy groups -OCH3 is 2. The van der Waals surface area contributed by atoms with Crippen LogP contribution in [0.25, 0.3) is 0 Å². The van der Waals surface area contributed by atoms with Crippen LogP contribution in [0.15, 0.2) is 17.0 Å². The van der Waals surface area contributed by atoms with E-state index in [2.05, 4.69) is 10.0 Å². The monoisotopic (exact) mass is 368 g/mol. The molecule has 124 valence electrons. The Hall–Kier alpha value is -0.570. The molecule has 0 aliphatic carbocycles. The van der Waals surface area contributed by atoms with Crippen molar-refractivity contribution in [1.82, 2.24) is 10.0 Å². The van der Waals surface area contributed by atoms with E-state index in [1.165, 1.54) is 19.2 Å². The Kier molecular flexibility index (Phi) is 5.93. The van der Waals surface area contributed by atoms with E-state index >= 15 is 0 Å². The molecule has 2 rings (SSSR count). The first-order valence-corrected chi connectivity index (χ1v) is 8.92. The first-order chi connectivity index (χ1) is 10.4. The lowest BCUT2D eigenvalue weighted by molar-refractivity contribution is 0.0555. The molecule has 1 fully saturated rings. The first-order valence-electron chi connectivity index (χ1n) is 6.68. The molecule has 0 spiro atoms. The summed E-state index contributed by atoms with van der Waals surface area (Å²) < 4.78 is 38.1. The van der Waals surface area contributed by atoms with Gasteiger partial charge in [-0.25, -0.2) is 13.1 Å². The third-order valence-corrected chi connectivity index (χ3v) is 5.77. The Morgan fingerprint density at radius 2 is 2.00 bits per heavy atom. The van der Waals surface area contributed by atoms with Crippen molar-refractivity contribution < 1.29 is 17.9 Å². The SMILES string of the molecule is COc1cc(Cl)c(S(=O)(=O)N[C@H]2CNCC[C@H]2OC)cc1Cl. The van der Waals surface area contributed by atoms with Crippen LogP contribution in [0.1, 0.15) is 6.42 Å². The van der Waals surface area contributed by atoms with Gasteiger partial charge in [0.15, 0.2) is 0 Å². The van der Waals surface area contributed by atoms with Crippen molar-refractivity contribution in [3.63, 3.8) is 0 Å². The molecule has 1 aliphatic heterocycles. The molecule has 0 amide bonds. The minimum Gasteiger partial charge on any atom is -0.495 e. The van der Waals surface area contributed by atoms with Crippen LogP contribution in [-0.2, 0) is 14.8 Å². The molecular formula is C13H18Cl2N2O4S. The topological polar surface area (TPSA) is 76.7 Å². The average Bonchev–Trinajstić information content (AvgIpc) is 2.49. The first kappa shape index (κ1) is 17.8. The summed E-state index contributed by atoms with van der Waals surface area (Å²) in [6.45, 7) is 1.27. The molecule has 6 nitrogen and oxygen atoms in total. The van der Waals surface area contributed by atoms with Crippen LogP contribution in [0, 0.1) is 0 Å². The van der Waals surface area contributed by atoms with Gasteiger partial charge in [-0.3, -0.25) is 0 Å². The molecule has 1 aromatic rings. The third-order valence-electron chi connectivity index (χ3n) is 3.52. The highest BCUT2D eigenvalue weighted by molar-refractivity contribution is 7.89. The average molecular weight is 369 g/mol. The fraction of sp³-hybridized carbons (Fsp3) is 0.538. The number of halogens is 2. The molecule has 0 unspecified atom stereocenters. The van der Waals surface area contributed by atoms with Gasteiger partial charge in [0.25, 0.3) is 0 Å². The Bertz CT molecular complexity index is 639. The maximum atomic E-state index is 12.6. The Morgan fingerprint density at radius 3 is 2.64 bits per heavy atom. The van der Waals surface area contributed by atoms with Crippen molar-refractivity contribution in [3.8, 4) is 5.75 Å². The van der Waals surface area contributed by atoms with Crippen molar-refractivity contribution in [3.05, 3.63) is 22.2 Å². The van der Waals surface area contributed by atoms with Crippen LogP contribution in [0.2, 0.25) is 10.0 Å². The van der Waals surface area contributed by atoms with Gasteiger partial charge in [0.1, 0.15) is 10.6 Å². The molecule has 1 aromatic carbocycles. The Labute approximate surface area is 140 Å². The number of piperidine rings is 1. The predicted molar refractivity (Wildman–Crippen MR) is 85.4 cm³/mol. The maximum absolute atomic E-state index is 12.6. The predicted octanol–water partition coefficient (Wildman–Crippen LogP) is 1.66. The molecular weight excluding hydrogens is 351 g/mol. The maximum Gasteiger partial charge on any atom is 0.242 e. The van der Waals surface area contributed by atoms with Gasteiger partial charge in [-0.05, 0) is 19.0 Å². The highest BCUT2D eigenvalue weighted by Crippen LogP contribution is 2.33. The largest absolute Gasteiger partial charge is 0.495 e. The molecule has 22 heavy (non-hydrogen) atoms. The smallest absolute Gasteiger partial charge is 0.242 e. The van der Waals surface area contributed by atoms with Crippen LogP contribution in [0.4, 0.5) is 0 Å². The number of ether oxygens (including phenoxy) is 2. The summed E-state index contributed by atoms with van der Waals surface area (Å²) in [6, 6.07) is 2.29. The normalized spacial score (nSPS) is 22.5. The number of sulfonamides is 1. The van der Waals surface area contributed by atoms with E-state index in [0.29, 0.717) is 12.3 Å². The highest BCUT2D eigenvalue weighted by atomic mass is 35.5. The zero-order valence-electron chi connectivity index (χ0n) is 12.2. The number of nitrogens with one attached hydrogen (secondary N) is 2. The lowest BCUT2D eigenvalue weighted by Crippen LogP contribution is -2.54. The summed E-state index contributed by atoms with van der Waals surface area (Å²) in [4.78, 5) is -0.0830. The summed E-state index contributed by atoms with van der Waals surface area (Å²) in [6.07, 6.45) is 0.532. The van der Waals surface area contributed by atoms with Crippen LogP contribution in [0.3, 0.4) is 0 Å². The minimum absolute atomic E-state index is 0.0477. The lowest BCUT2D eigenvalue weighted by atomic mass is 10.1. The molecule has 0 saturated carbocycles. The molecule has 2 N–H and O–H groups in total. The summed E-state index contributed by atoms with van der Waals surface area (Å²) >= 11 is 12.0. The van der Waals surface area contributed by atoms with Gasteiger partial charge in [-0.2, -0.15) is 0 Å². The van der Waals surface area contributed by atoms with Gasteiger partial charge in [-0.1, -0.05) is 23.2 Å². The lowest BCUT2D eigenvalue weighted by Gasteiger charge is -2.31. The molecule has 1 heterocycles. The van der Waals surface area contributed by atoms with Crippen LogP contribution in [0.5, 0.6) is 5.75 Å². The second-order valence-electron chi connectivity index (χ2n) is 4.91. The van der Waals surface area contributed by atoms with E-state index < -0.39 is 10.0 Å². The minimum atomic E-state index is -3.82. The zero-order chi connectivity index (χ0) is 16.3. The van der Waals surface area contributed by atoms with Gasteiger partial charge in [0.05, 0.1) is 29.3 Å². The third kappa shape index (κ3) is 3.84.